The summed E-state index contributed by atoms with van der Waals surface area (Å²) in [6, 6.07) is 6.07. The van der Waals surface area contributed by atoms with Gasteiger partial charge in [0.25, 0.3) is 0 Å². The molecule has 0 amide bonds. The minimum atomic E-state index is 0. The van der Waals surface area contributed by atoms with Crippen molar-refractivity contribution in [3.63, 3.8) is 0 Å². The van der Waals surface area contributed by atoms with Crippen molar-refractivity contribution in [1.82, 2.24) is 9.55 Å². The Labute approximate surface area is 106 Å². The highest BCUT2D eigenvalue weighted by Gasteiger charge is 2.14. The molecule has 2 heterocycles. The molecule has 0 radical (unpaired) electrons. The number of hydrogen-bond acceptors (Lipinski definition) is 3. The SMILES string of the molecule is CCOc1ccc2nc3n(c2c1)CCCN3.Cl. The molecule has 2 aromatic rings. The summed E-state index contributed by atoms with van der Waals surface area (Å²) < 4.78 is 7.74. The number of imidazole rings is 1. The topological polar surface area (TPSA) is 39.1 Å². The molecule has 0 fully saturated rings. The maximum Gasteiger partial charge on any atom is 0.203 e. The second kappa shape index (κ2) is 4.84. The summed E-state index contributed by atoms with van der Waals surface area (Å²) in [5.41, 5.74) is 2.20. The fraction of sp³-hybridized carbons (Fsp3) is 0.417. The van der Waals surface area contributed by atoms with E-state index in [1.54, 1.807) is 0 Å². The number of anilines is 1. The van der Waals surface area contributed by atoms with E-state index in [1.807, 2.05) is 19.1 Å². The molecule has 3 rings (SSSR count). The molecule has 1 aromatic heterocycles. The van der Waals surface area contributed by atoms with Gasteiger partial charge in [-0.25, -0.2) is 4.98 Å². The van der Waals surface area contributed by atoms with Gasteiger partial charge in [0, 0.05) is 19.2 Å². The van der Waals surface area contributed by atoms with Crippen molar-refractivity contribution in [3.05, 3.63) is 18.2 Å². The van der Waals surface area contributed by atoms with Crippen LogP contribution in [0.3, 0.4) is 0 Å². The smallest absolute Gasteiger partial charge is 0.203 e. The highest BCUT2D eigenvalue weighted by atomic mass is 35.5. The number of aromatic nitrogens is 2. The lowest BCUT2D eigenvalue weighted by atomic mass is 10.3. The Bertz CT molecular complexity index is 524. The summed E-state index contributed by atoms with van der Waals surface area (Å²) in [5.74, 6) is 1.90. The minimum absolute atomic E-state index is 0. The molecular formula is C12H16ClN3O. The molecule has 1 N–H and O–H groups in total. The van der Waals surface area contributed by atoms with Crippen molar-refractivity contribution in [2.75, 3.05) is 18.5 Å². The molecule has 1 aliphatic heterocycles. The van der Waals surface area contributed by atoms with Gasteiger partial charge in [-0.05, 0) is 25.5 Å². The van der Waals surface area contributed by atoms with Gasteiger partial charge in [-0.2, -0.15) is 0 Å². The van der Waals surface area contributed by atoms with Crippen molar-refractivity contribution in [1.29, 1.82) is 0 Å². The van der Waals surface area contributed by atoms with Gasteiger partial charge in [-0.1, -0.05) is 0 Å². The standard InChI is InChI=1S/C12H15N3O.ClH/c1-2-16-9-4-5-10-11(8-9)15-7-3-6-13-12(15)14-10;/h4-5,8H,2-3,6-7H2,1H3,(H,13,14);1H. The van der Waals surface area contributed by atoms with E-state index in [9.17, 15) is 0 Å². The molecule has 0 spiro atoms. The zero-order valence-electron chi connectivity index (χ0n) is 9.77. The number of benzene rings is 1. The second-order valence-corrected chi connectivity index (χ2v) is 3.95. The van der Waals surface area contributed by atoms with Crippen LogP contribution in [-0.4, -0.2) is 22.7 Å². The summed E-state index contributed by atoms with van der Waals surface area (Å²) in [5, 5.41) is 3.31. The summed E-state index contributed by atoms with van der Waals surface area (Å²) in [6.45, 7) is 4.75. The van der Waals surface area contributed by atoms with Crippen LogP contribution in [0.2, 0.25) is 0 Å². The number of nitrogens with one attached hydrogen (secondary N) is 1. The normalized spacial score (nSPS) is 13.7. The molecule has 4 nitrogen and oxygen atoms in total. The average molecular weight is 254 g/mol. The highest BCUT2D eigenvalue weighted by Crippen LogP contribution is 2.26. The quantitative estimate of drug-likeness (QED) is 0.894. The Hall–Kier alpha value is -1.42. The Morgan fingerprint density at radius 2 is 2.35 bits per heavy atom. The minimum Gasteiger partial charge on any atom is -0.494 e. The monoisotopic (exact) mass is 253 g/mol. The first kappa shape index (κ1) is 12.0. The molecule has 0 unspecified atom stereocenters. The van der Waals surface area contributed by atoms with Crippen molar-refractivity contribution in [3.8, 4) is 5.75 Å². The number of rotatable bonds is 2. The predicted molar refractivity (Wildman–Crippen MR) is 71.3 cm³/mol. The third-order valence-electron chi connectivity index (χ3n) is 2.87. The summed E-state index contributed by atoms with van der Waals surface area (Å²) in [7, 11) is 0. The van der Waals surface area contributed by atoms with Gasteiger partial charge in [0.05, 0.1) is 17.6 Å². The van der Waals surface area contributed by atoms with Gasteiger partial charge < -0.3 is 14.6 Å². The van der Waals surface area contributed by atoms with E-state index in [2.05, 4.69) is 20.9 Å². The van der Waals surface area contributed by atoms with Gasteiger partial charge in [0.15, 0.2) is 0 Å². The molecule has 1 aromatic carbocycles. The van der Waals surface area contributed by atoms with Crippen LogP contribution in [-0.2, 0) is 6.54 Å². The molecule has 17 heavy (non-hydrogen) atoms. The third-order valence-corrected chi connectivity index (χ3v) is 2.87. The molecular weight excluding hydrogens is 238 g/mol. The third kappa shape index (κ3) is 2.05. The van der Waals surface area contributed by atoms with Crippen LogP contribution in [0.15, 0.2) is 18.2 Å². The van der Waals surface area contributed by atoms with Gasteiger partial charge in [-0.3, -0.25) is 0 Å². The molecule has 0 atom stereocenters. The molecule has 1 aliphatic rings. The molecule has 0 saturated carbocycles. The van der Waals surface area contributed by atoms with Crippen LogP contribution in [0, 0.1) is 0 Å². The van der Waals surface area contributed by atoms with Gasteiger partial charge >= 0.3 is 0 Å². The number of nitrogens with zero attached hydrogens (tertiary/aromatic N) is 2. The van der Waals surface area contributed by atoms with Crippen molar-refractivity contribution >= 4 is 29.4 Å². The number of halogens is 1. The second-order valence-electron chi connectivity index (χ2n) is 3.95. The van der Waals surface area contributed by atoms with Crippen molar-refractivity contribution in [2.24, 2.45) is 0 Å². The van der Waals surface area contributed by atoms with E-state index < -0.39 is 0 Å². The van der Waals surface area contributed by atoms with Crippen molar-refractivity contribution < 1.29 is 4.74 Å². The zero-order chi connectivity index (χ0) is 11.0. The maximum atomic E-state index is 5.51. The largest absolute Gasteiger partial charge is 0.494 e. The van der Waals surface area contributed by atoms with Crippen LogP contribution in [0.1, 0.15) is 13.3 Å². The summed E-state index contributed by atoms with van der Waals surface area (Å²) in [4.78, 5) is 4.55. The van der Waals surface area contributed by atoms with Gasteiger partial charge in [0.1, 0.15) is 5.75 Å². The zero-order valence-corrected chi connectivity index (χ0v) is 10.6. The first-order valence-electron chi connectivity index (χ1n) is 5.75. The fourth-order valence-corrected chi connectivity index (χ4v) is 2.16. The molecule has 0 aliphatic carbocycles. The van der Waals surface area contributed by atoms with Crippen LogP contribution >= 0.6 is 12.4 Å². The van der Waals surface area contributed by atoms with Crippen LogP contribution in [0.5, 0.6) is 5.75 Å². The first-order chi connectivity index (χ1) is 7.88. The number of hydrogen-bond donors (Lipinski definition) is 1. The molecule has 0 bridgehead atoms. The molecule has 92 valence electrons. The van der Waals surface area contributed by atoms with Crippen molar-refractivity contribution in [2.45, 2.75) is 19.9 Å². The lowest BCUT2D eigenvalue weighted by molar-refractivity contribution is 0.340. The van der Waals surface area contributed by atoms with E-state index in [0.717, 1.165) is 42.2 Å². The molecule has 0 saturated heterocycles. The maximum absolute atomic E-state index is 5.51. The number of ether oxygens (including phenoxy) is 1. The van der Waals surface area contributed by atoms with E-state index in [4.69, 9.17) is 4.74 Å². The predicted octanol–water partition coefficient (Wildman–Crippen LogP) is 2.67. The Morgan fingerprint density at radius 3 is 3.18 bits per heavy atom. The first-order valence-corrected chi connectivity index (χ1v) is 5.75. The molecule has 5 heteroatoms. The lowest BCUT2D eigenvalue weighted by Crippen LogP contribution is -2.16. The van der Waals surface area contributed by atoms with Crippen LogP contribution < -0.4 is 10.1 Å². The average Bonchev–Trinajstić information content (AvgIpc) is 2.68. The number of aryl methyl sites for hydroxylation is 1. The van der Waals surface area contributed by atoms with Gasteiger partial charge in [-0.15, -0.1) is 12.4 Å². The van der Waals surface area contributed by atoms with Crippen LogP contribution in [0.25, 0.3) is 11.0 Å². The van der Waals surface area contributed by atoms with E-state index in [0.29, 0.717) is 6.61 Å². The lowest BCUT2D eigenvalue weighted by Gasteiger charge is -2.15. The number of fused-ring (bicyclic) bond motifs is 3. The summed E-state index contributed by atoms with van der Waals surface area (Å²) in [6.07, 6.45) is 1.15. The van der Waals surface area contributed by atoms with E-state index in [1.165, 1.54) is 0 Å². The Kier molecular flexibility index (Phi) is 3.43. The summed E-state index contributed by atoms with van der Waals surface area (Å²) >= 11 is 0. The van der Waals surface area contributed by atoms with Crippen LogP contribution in [0.4, 0.5) is 5.95 Å². The Morgan fingerprint density at radius 1 is 1.47 bits per heavy atom. The van der Waals surface area contributed by atoms with E-state index in [-0.39, 0.29) is 12.4 Å². The highest BCUT2D eigenvalue weighted by molar-refractivity contribution is 5.85. The van der Waals surface area contributed by atoms with Gasteiger partial charge in [0.2, 0.25) is 5.95 Å². The fourth-order valence-electron chi connectivity index (χ4n) is 2.16. The van der Waals surface area contributed by atoms with E-state index >= 15 is 0 Å². The Balaban J connectivity index is 0.00000108.